The van der Waals surface area contributed by atoms with Crippen molar-refractivity contribution in [3.8, 4) is 17.2 Å². The van der Waals surface area contributed by atoms with Gasteiger partial charge in [-0.25, -0.2) is 0 Å². The summed E-state index contributed by atoms with van der Waals surface area (Å²) in [6, 6.07) is 8.13. The summed E-state index contributed by atoms with van der Waals surface area (Å²) in [7, 11) is 3.41. The molecule has 3 nitrogen and oxygen atoms in total. The first-order valence-corrected chi connectivity index (χ1v) is 6.58. The summed E-state index contributed by atoms with van der Waals surface area (Å²) >= 11 is 0. The highest BCUT2D eigenvalue weighted by Gasteiger charge is 2.26. The molecule has 1 aliphatic rings. The molecule has 19 heavy (non-hydrogen) atoms. The Morgan fingerprint density at radius 3 is 2.32 bits per heavy atom. The Hall–Kier alpha value is -1.90. The molecule has 3 rings (SSSR count). The van der Waals surface area contributed by atoms with E-state index < -0.39 is 0 Å². The summed E-state index contributed by atoms with van der Waals surface area (Å²) in [5, 5.41) is 2.12. The highest BCUT2D eigenvalue weighted by Crippen LogP contribution is 2.48. The Labute approximate surface area is 113 Å². The van der Waals surface area contributed by atoms with Gasteiger partial charge in [-0.2, -0.15) is 0 Å². The van der Waals surface area contributed by atoms with E-state index in [1.54, 1.807) is 14.2 Å². The number of methoxy groups -OCH3 is 2. The van der Waals surface area contributed by atoms with Gasteiger partial charge in [-0.05, 0) is 19.8 Å². The van der Waals surface area contributed by atoms with Crippen LogP contribution in [0, 0.1) is 0 Å². The molecule has 3 heteroatoms. The van der Waals surface area contributed by atoms with Crippen LogP contribution in [0.5, 0.6) is 17.2 Å². The van der Waals surface area contributed by atoms with E-state index in [2.05, 4.69) is 13.0 Å². The highest BCUT2D eigenvalue weighted by molar-refractivity contribution is 5.97. The van der Waals surface area contributed by atoms with Crippen LogP contribution in [-0.2, 0) is 6.42 Å². The second kappa shape index (κ2) is 4.65. The number of benzene rings is 2. The second-order valence-electron chi connectivity index (χ2n) is 4.89. The smallest absolute Gasteiger partial charge is 0.169 e. The lowest BCUT2D eigenvalue weighted by Gasteiger charge is -2.27. The molecule has 0 amide bonds. The third-order valence-corrected chi connectivity index (χ3v) is 3.70. The minimum absolute atomic E-state index is 0.215. The van der Waals surface area contributed by atoms with E-state index in [4.69, 9.17) is 14.2 Å². The van der Waals surface area contributed by atoms with Gasteiger partial charge in [0, 0.05) is 16.3 Å². The molecule has 2 aromatic carbocycles. The molecule has 2 aromatic rings. The maximum atomic E-state index is 6.00. The van der Waals surface area contributed by atoms with Crippen LogP contribution in [0.15, 0.2) is 24.3 Å². The molecular weight excluding hydrogens is 240 g/mol. The van der Waals surface area contributed by atoms with Gasteiger partial charge in [-0.1, -0.05) is 24.3 Å². The topological polar surface area (TPSA) is 27.7 Å². The fraction of sp³-hybridized carbons (Fsp3) is 0.375. The van der Waals surface area contributed by atoms with Crippen LogP contribution in [0.1, 0.15) is 18.9 Å². The van der Waals surface area contributed by atoms with Crippen molar-refractivity contribution < 1.29 is 14.2 Å². The van der Waals surface area contributed by atoms with Crippen LogP contribution < -0.4 is 14.2 Å². The number of hydrogen-bond donors (Lipinski definition) is 0. The van der Waals surface area contributed by atoms with Crippen LogP contribution in [-0.4, -0.2) is 20.3 Å². The van der Waals surface area contributed by atoms with Crippen molar-refractivity contribution >= 4 is 10.8 Å². The SMILES string of the molecule is COc1c2c(c(OC)c3ccccc13)OC(C)CC2. The minimum Gasteiger partial charge on any atom is -0.496 e. The summed E-state index contributed by atoms with van der Waals surface area (Å²) in [5.41, 5.74) is 1.12. The van der Waals surface area contributed by atoms with Gasteiger partial charge in [0.1, 0.15) is 5.75 Å². The molecule has 0 bridgehead atoms. The van der Waals surface area contributed by atoms with E-state index in [-0.39, 0.29) is 6.10 Å². The van der Waals surface area contributed by atoms with Crippen LogP contribution in [0.3, 0.4) is 0 Å². The maximum absolute atomic E-state index is 6.00. The van der Waals surface area contributed by atoms with Crippen molar-refractivity contribution in [2.75, 3.05) is 14.2 Å². The summed E-state index contributed by atoms with van der Waals surface area (Å²) < 4.78 is 17.2. The predicted octanol–water partition coefficient (Wildman–Crippen LogP) is 3.57. The molecule has 0 radical (unpaired) electrons. The van der Waals surface area contributed by atoms with Gasteiger partial charge in [0.2, 0.25) is 0 Å². The van der Waals surface area contributed by atoms with Crippen LogP contribution in [0.25, 0.3) is 10.8 Å². The van der Waals surface area contributed by atoms with E-state index in [1.807, 2.05) is 18.2 Å². The Morgan fingerprint density at radius 2 is 1.68 bits per heavy atom. The molecule has 1 unspecified atom stereocenters. The fourth-order valence-corrected chi connectivity index (χ4v) is 2.80. The molecule has 100 valence electrons. The first-order valence-electron chi connectivity index (χ1n) is 6.58. The third-order valence-electron chi connectivity index (χ3n) is 3.70. The van der Waals surface area contributed by atoms with Crippen LogP contribution >= 0.6 is 0 Å². The maximum Gasteiger partial charge on any atom is 0.169 e. The van der Waals surface area contributed by atoms with Crippen LogP contribution in [0.4, 0.5) is 0 Å². The molecular formula is C16H18O3. The molecule has 0 spiro atoms. The van der Waals surface area contributed by atoms with E-state index in [0.717, 1.165) is 46.4 Å². The van der Waals surface area contributed by atoms with E-state index in [9.17, 15) is 0 Å². The minimum atomic E-state index is 0.215. The summed E-state index contributed by atoms with van der Waals surface area (Å²) in [6.45, 7) is 2.09. The zero-order valence-corrected chi connectivity index (χ0v) is 11.5. The van der Waals surface area contributed by atoms with Crippen molar-refractivity contribution in [1.82, 2.24) is 0 Å². The largest absolute Gasteiger partial charge is 0.496 e. The second-order valence-corrected chi connectivity index (χ2v) is 4.89. The van der Waals surface area contributed by atoms with Gasteiger partial charge in [0.05, 0.1) is 20.3 Å². The standard InChI is InChI=1S/C16H18O3/c1-10-8-9-13-14(17-2)11-6-4-5-7-12(11)15(18-3)16(13)19-10/h4-7,10H,8-9H2,1-3H3. The van der Waals surface area contributed by atoms with Crippen molar-refractivity contribution in [3.63, 3.8) is 0 Å². The lowest BCUT2D eigenvalue weighted by molar-refractivity contribution is 0.182. The Kier molecular flexibility index (Phi) is 2.97. The molecule has 0 saturated heterocycles. The number of hydrogen-bond acceptors (Lipinski definition) is 3. The van der Waals surface area contributed by atoms with Crippen molar-refractivity contribution in [2.45, 2.75) is 25.9 Å². The van der Waals surface area contributed by atoms with Gasteiger partial charge in [-0.3, -0.25) is 0 Å². The van der Waals surface area contributed by atoms with Gasteiger partial charge < -0.3 is 14.2 Å². The average Bonchev–Trinajstić information content (AvgIpc) is 2.44. The predicted molar refractivity (Wildman–Crippen MR) is 75.5 cm³/mol. The van der Waals surface area contributed by atoms with Crippen molar-refractivity contribution in [1.29, 1.82) is 0 Å². The fourth-order valence-electron chi connectivity index (χ4n) is 2.80. The lowest BCUT2D eigenvalue weighted by Crippen LogP contribution is -2.20. The van der Waals surface area contributed by atoms with Gasteiger partial charge in [0.15, 0.2) is 11.5 Å². The summed E-state index contributed by atoms with van der Waals surface area (Å²) in [6.07, 6.45) is 2.18. The van der Waals surface area contributed by atoms with E-state index in [0.29, 0.717) is 0 Å². The Bertz CT molecular complexity index is 619. The first-order chi connectivity index (χ1) is 9.26. The first kappa shape index (κ1) is 12.2. The monoisotopic (exact) mass is 258 g/mol. The van der Waals surface area contributed by atoms with Crippen molar-refractivity contribution in [2.24, 2.45) is 0 Å². The average molecular weight is 258 g/mol. The number of fused-ring (bicyclic) bond motifs is 2. The molecule has 1 aliphatic heterocycles. The van der Waals surface area contributed by atoms with Gasteiger partial charge in [-0.15, -0.1) is 0 Å². The third kappa shape index (κ3) is 1.81. The molecule has 0 aromatic heterocycles. The van der Waals surface area contributed by atoms with Crippen LogP contribution in [0.2, 0.25) is 0 Å². The highest BCUT2D eigenvalue weighted by atomic mass is 16.5. The normalized spacial score (nSPS) is 17.7. The molecule has 0 saturated carbocycles. The van der Waals surface area contributed by atoms with Gasteiger partial charge >= 0.3 is 0 Å². The number of rotatable bonds is 2. The van der Waals surface area contributed by atoms with E-state index in [1.165, 1.54) is 0 Å². The summed E-state index contributed by atoms with van der Waals surface area (Å²) in [5.74, 6) is 2.58. The molecule has 0 fully saturated rings. The Balaban J connectivity index is 2.38. The molecule has 0 N–H and O–H groups in total. The van der Waals surface area contributed by atoms with Crippen molar-refractivity contribution in [3.05, 3.63) is 29.8 Å². The van der Waals surface area contributed by atoms with E-state index >= 15 is 0 Å². The molecule has 1 atom stereocenters. The molecule has 0 aliphatic carbocycles. The van der Waals surface area contributed by atoms with Gasteiger partial charge in [0.25, 0.3) is 0 Å². The summed E-state index contributed by atoms with van der Waals surface area (Å²) in [4.78, 5) is 0. The quantitative estimate of drug-likeness (QED) is 0.824. The number of ether oxygens (including phenoxy) is 3. The zero-order valence-electron chi connectivity index (χ0n) is 11.5. The Morgan fingerprint density at radius 1 is 1.05 bits per heavy atom. The lowest BCUT2D eigenvalue weighted by atomic mass is 9.96. The molecule has 1 heterocycles. The zero-order chi connectivity index (χ0) is 13.4.